The van der Waals surface area contributed by atoms with Crippen LogP contribution < -0.4 is 13.9 Å². The number of ketones is 1. The smallest absolute Gasteiger partial charge is 0.250 e. The van der Waals surface area contributed by atoms with E-state index >= 15 is 0 Å². The lowest BCUT2D eigenvalue weighted by atomic mass is 9.84. The molecule has 0 N–H and O–H groups in total. The van der Waals surface area contributed by atoms with Crippen LogP contribution in [-0.4, -0.2) is 34.4 Å². The zero-order valence-electron chi connectivity index (χ0n) is 30.0. The monoisotopic (exact) mass is 624 g/mol. The van der Waals surface area contributed by atoms with Gasteiger partial charge in [-0.15, -0.1) is 13.2 Å². The predicted molar refractivity (Wildman–Crippen MR) is 186 cm³/mol. The second kappa shape index (κ2) is 15.7. The maximum Gasteiger partial charge on any atom is 0.250 e. The summed E-state index contributed by atoms with van der Waals surface area (Å²) >= 11 is 0. The van der Waals surface area contributed by atoms with Crippen LogP contribution in [0.2, 0.25) is 18.1 Å². The summed E-state index contributed by atoms with van der Waals surface area (Å²) in [4.78, 5) is 13.6. The van der Waals surface area contributed by atoms with Crippen LogP contribution in [0.5, 0.6) is 17.2 Å². The Hall–Kier alpha value is -2.49. The van der Waals surface area contributed by atoms with Gasteiger partial charge in [0.25, 0.3) is 8.32 Å². The third kappa shape index (κ3) is 9.27. The van der Waals surface area contributed by atoms with Crippen molar-refractivity contribution in [2.75, 3.05) is 14.2 Å². The van der Waals surface area contributed by atoms with E-state index in [4.69, 9.17) is 18.6 Å². The van der Waals surface area contributed by atoms with Crippen LogP contribution in [0.1, 0.15) is 110 Å². The largest absolute Gasteiger partial charge is 0.541 e. The lowest BCUT2D eigenvalue weighted by molar-refractivity contribution is -0.146. The molecule has 0 amide bonds. The SMILES string of the molecule is C=C[C@@H](C)CC[C@H]1O[C@@H](c2c(C#C[C@@H](C)C[C@H](C)CC(=C)C)c(OC)c(C)c(OC)c2O[Si](C)(C)C(C)(C)C)CC(=O)[C@H]1C. The first-order valence-corrected chi connectivity index (χ1v) is 19.2. The Labute approximate surface area is 270 Å². The predicted octanol–water partition coefficient (Wildman–Crippen LogP) is 10.0. The molecule has 0 aromatic heterocycles. The average molecular weight is 625 g/mol. The van der Waals surface area contributed by atoms with Crippen LogP contribution in [0.25, 0.3) is 0 Å². The van der Waals surface area contributed by atoms with E-state index in [1.54, 1.807) is 14.2 Å². The second-order valence-electron chi connectivity index (χ2n) is 14.8. The van der Waals surface area contributed by atoms with Crippen molar-refractivity contribution in [3.63, 3.8) is 0 Å². The molecule has 44 heavy (non-hydrogen) atoms. The molecule has 1 heterocycles. The first kappa shape index (κ1) is 37.7. The molecular formula is C38H60O5Si. The van der Waals surface area contributed by atoms with E-state index in [0.717, 1.165) is 42.4 Å². The molecule has 1 saturated heterocycles. The number of carbonyl (C=O) groups is 1. The fraction of sp³-hybridized carbons (Fsp3) is 0.658. The fourth-order valence-corrected chi connectivity index (χ4v) is 6.80. The Morgan fingerprint density at radius 2 is 1.75 bits per heavy atom. The maximum absolute atomic E-state index is 13.6. The lowest BCUT2D eigenvalue weighted by Gasteiger charge is -2.40. The van der Waals surface area contributed by atoms with Gasteiger partial charge < -0.3 is 18.6 Å². The van der Waals surface area contributed by atoms with Gasteiger partial charge in [0.15, 0.2) is 11.5 Å². The van der Waals surface area contributed by atoms with Crippen molar-refractivity contribution >= 4 is 14.1 Å². The molecular weight excluding hydrogens is 564 g/mol. The number of ether oxygens (including phenoxy) is 3. The third-order valence-corrected chi connectivity index (χ3v) is 13.8. The summed E-state index contributed by atoms with van der Waals surface area (Å²) in [6, 6.07) is 0. The average Bonchev–Trinajstić information content (AvgIpc) is 2.91. The molecule has 1 aromatic carbocycles. The second-order valence-corrected chi connectivity index (χ2v) is 19.5. The number of carbonyl (C=O) groups excluding carboxylic acids is 1. The van der Waals surface area contributed by atoms with Crippen LogP contribution in [-0.2, 0) is 9.53 Å². The van der Waals surface area contributed by atoms with Crippen LogP contribution in [0, 0.1) is 42.4 Å². The van der Waals surface area contributed by atoms with E-state index in [2.05, 4.69) is 86.6 Å². The Balaban J connectivity index is 2.85. The van der Waals surface area contributed by atoms with Crippen LogP contribution in [0.15, 0.2) is 24.8 Å². The molecule has 2 rings (SSSR count). The van der Waals surface area contributed by atoms with Crippen molar-refractivity contribution < 1.29 is 23.4 Å². The Kier molecular flexibility index (Phi) is 13.4. The van der Waals surface area contributed by atoms with E-state index in [0.29, 0.717) is 29.1 Å². The zero-order valence-corrected chi connectivity index (χ0v) is 31.0. The lowest BCUT2D eigenvalue weighted by Crippen LogP contribution is -2.44. The van der Waals surface area contributed by atoms with E-state index < -0.39 is 14.4 Å². The summed E-state index contributed by atoms with van der Waals surface area (Å²) < 4.78 is 26.1. The summed E-state index contributed by atoms with van der Waals surface area (Å²) in [5.41, 5.74) is 3.51. The molecule has 0 bridgehead atoms. The highest BCUT2D eigenvalue weighted by Crippen LogP contribution is 2.52. The van der Waals surface area contributed by atoms with Gasteiger partial charge in [0.2, 0.25) is 0 Å². The number of methoxy groups -OCH3 is 2. The molecule has 6 atom stereocenters. The highest BCUT2D eigenvalue weighted by molar-refractivity contribution is 6.74. The van der Waals surface area contributed by atoms with E-state index in [1.165, 1.54) is 5.57 Å². The quantitative estimate of drug-likeness (QED) is 0.124. The van der Waals surface area contributed by atoms with Gasteiger partial charge in [0.05, 0.1) is 32.0 Å². The van der Waals surface area contributed by atoms with Crippen LogP contribution in [0.3, 0.4) is 0 Å². The zero-order chi connectivity index (χ0) is 33.6. The van der Waals surface area contributed by atoms with Crippen molar-refractivity contribution in [2.24, 2.45) is 23.7 Å². The van der Waals surface area contributed by atoms with Crippen molar-refractivity contribution in [3.8, 4) is 29.1 Å². The summed E-state index contributed by atoms with van der Waals surface area (Å²) in [6.45, 7) is 31.7. The molecule has 0 radical (unpaired) electrons. The number of hydrogen-bond donors (Lipinski definition) is 0. The van der Waals surface area contributed by atoms with Crippen molar-refractivity contribution in [1.29, 1.82) is 0 Å². The third-order valence-electron chi connectivity index (χ3n) is 9.52. The molecule has 0 saturated carbocycles. The Bertz CT molecular complexity index is 1240. The number of benzene rings is 1. The van der Waals surface area contributed by atoms with Gasteiger partial charge in [-0.25, -0.2) is 0 Å². The summed E-state index contributed by atoms with van der Waals surface area (Å²) in [5, 5.41) is -0.0655. The molecule has 0 aliphatic carbocycles. The van der Waals surface area contributed by atoms with Gasteiger partial charge in [-0.1, -0.05) is 72.0 Å². The number of hydrogen-bond acceptors (Lipinski definition) is 5. The van der Waals surface area contributed by atoms with Crippen LogP contribution in [0.4, 0.5) is 0 Å². The first-order chi connectivity index (χ1) is 20.4. The summed E-state index contributed by atoms with van der Waals surface area (Å²) in [5.74, 6) is 9.91. The summed E-state index contributed by atoms with van der Waals surface area (Å²) in [7, 11) is 0.971. The van der Waals surface area contributed by atoms with Gasteiger partial charge in [-0.3, -0.25) is 4.79 Å². The van der Waals surface area contributed by atoms with Gasteiger partial charge >= 0.3 is 0 Å². The van der Waals surface area contributed by atoms with Crippen molar-refractivity contribution in [1.82, 2.24) is 0 Å². The van der Waals surface area contributed by atoms with E-state index in [-0.39, 0.29) is 35.2 Å². The minimum Gasteiger partial charge on any atom is -0.541 e. The molecule has 1 fully saturated rings. The minimum atomic E-state index is -2.36. The molecule has 6 heteroatoms. The molecule has 1 aromatic rings. The summed E-state index contributed by atoms with van der Waals surface area (Å²) in [6.07, 6.45) is 5.07. The van der Waals surface area contributed by atoms with Gasteiger partial charge in [-0.2, -0.15) is 0 Å². The Morgan fingerprint density at radius 1 is 1.14 bits per heavy atom. The first-order valence-electron chi connectivity index (χ1n) is 16.3. The topological polar surface area (TPSA) is 54.0 Å². The van der Waals surface area contributed by atoms with E-state index in [1.807, 2.05) is 19.9 Å². The fourth-order valence-electron chi connectivity index (χ4n) is 5.78. The maximum atomic E-state index is 13.6. The number of allylic oxidation sites excluding steroid dienone is 2. The van der Waals surface area contributed by atoms with Crippen molar-refractivity contribution in [3.05, 3.63) is 41.5 Å². The molecule has 5 nitrogen and oxygen atoms in total. The van der Waals surface area contributed by atoms with E-state index in [9.17, 15) is 4.79 Å². The molecule has 1 aliphatic rings. The highest BCUT2D eigenvalue weighted by Gasteiger charge is 2.44. The molecule has 0 unspecified atom stereocenters. The van der Waals surface area contributed by atoms with Crippen molar-refractivity contribution in [2.45, 2.75) is 125 Å². The van der Waals surface area contributed by atoms with Gasteiger partial charge in [0.1, 0.15) is 11.5 Å². The number of rotatable bonds is 13. The highest BCUT2D eigenvalue weighted by atomic mass is 28.4. The minimum absolute atomic E-state index is 0.0655. The molecule has 246 valence electrons. The van der Waals surface area contributed by atoms with Crippen LogP contribution >= 0.6 is 0 Å². The van der Waals surface area contributed by atoms with Gasteiger partial charge in [-0.05, 0) is 69.5 Å². The standard InChI is InChI=1S/C38H60O5Si/c1-16-25(4)18-20-32-28(7)31(39)23-33(42-32)34-30(19-17-26(5)22-27(6)21-24(2)3)35(40-12)29(8)36(41-13)37(34)43-44(14,15)38(9,10)11/h16,25-28,32-33H,1-2,18,20-23H2,3-15H3/t25-,26-,27-,28-,32-,33-/m1/s1. The molecule has 1 aliphatic heterocycles. The Morgan fingerprint density at radius 3 is 2.27 bits per heavy atom. The normalized spacial score (nSPS) is 21.0. The van der Waals surface area contributed by atoms with Gasteiger partial charge in [0, 0.05) is 29.4 Å². The number of Topliss-reactive ketones (excluding diaryl/α,β-unsaturated/α-hetero) is 1. The molecule has 0 spiro atoms.